The van der Waals surface area contributed by atoms with Gasteiger partial charge in [-0.05, 0) is 50.2 Å². The van der Waals surface area contributed by atoms with Crippen molar-refractivity contribution in [3.8, 4) is 5.75 Å². The van der Waals surface area contributed by atoms with Crippen molar-refractivity contribution in [1.82, 2.24) is 4.90 Å². The molecule has 1 saturated heterocycles. The van der Waals surface area contributed by atoms with Gasteiger partial charge < -0.3 is 19.4 Å². The van der Waals surface area contributed by atoms with Crippen LogP contribution >= 0.6 is 0 Å². The maximum atomic E-state index is 12.8. The van der Waals surface area contributed by atoms with E-state index in [1.54, 1.807) is 0 Å². The first-order valence-corrected chi connectivity index (χ1v) is 10.4. The molecule has 2 aromatic rings. The van der Waals surface area contributed by atoms with Crippen LogP contribution in [0.5, 0.6) is 5.75 Å². The molecule has 0 spiro atoms. The Kier molecular flexibility index (Phi) is 6.12. The number of ether oxygens (including phenoxy) is 1. The Morgan fingerprint density at radius 2 is 1.54 bits per heavy atom. The summed E-state index contributed by atoms with van der Waals surface area (Å²) in [7, 11) is 0. The van der Waals surface area contributed by atoms with Gasteiger partial charge in [0.1, 0.15) is 5.75 Å². The monoisotopic (exact) mass is 379 g/mol. The molecule has 0 unspecified atom stereocenters. The molecule has 2 aliphatic rings. The van der Waals surface area contributed by atoms with Crippen LogP contribution in [0.15, 0.2) is 54.6 Å². The average Bonchev–Trinajstić information content (AvgIpc) is 3.26. The summed E-state index contributed by atoms with van der Waals surface area (Å²) in [6.07, 6.45) is 3.03. The molecule has 0 bridgehead atoms. The molecule has 1 fully saturated rings. The number of rotatable bonds is 7. The number of para-hydroxylation sites is 3. The van der Waals surface area contributed by atoms with Crippen LogP contribution in [0.3, 0.4) is 0 Å². The molecule has 1 amide bonds. The lowest BCUT2D eigenvalue weighted by Gasteiger charge is -2.38. The van der Waals surface area contributed by atoms with Crippen molar-refractivity contribution < 1.29 is 9.53 Å². The van der Waals surface area contributed by atoms with E-state index in [-0.39, 0.29) is 5.91 Å². The van der Waals surface area contributed by atoms with Crippen LogP contribution < -0.4 is 14.5 Å². The van der Waals surface area contributed by atoms with Crippen molar-refractivity contribution in [2.24, 2.45) is 0 Å². The maximum Gasteiger partial charge on any atom is 0.230 e. The van der Waals surface area contributed by atoms with E-state index in [0.717, 1.165) is 37.6 Å². The molecule has 0 saturated carbocycles. The minimum Gasteiger partial charge on any atom is -0.493 e. The second-order valence-electron chi connectivity index (χ2n) is 7.48. The molecule has 0 aliphatic carbocycles. The van der Waals surface area contributed by atoms with Crippen LogP contribution in [0.25, 0.3) is 0 Å². The second-order valence-corrected chi connectivity index (χ2v) is 7.48. The van der Waals surface area contributed by atoms with Gasteiger partial charge in [0.05, 0.1) is 24.4 Å². The van der Waals surface area contributed by atoms with Crippen molar-refractivity contribution in [3.05, 3.63) is 54.6 Å². The third-order valence-corrected chi connectivity index (χ3v) is 5.62. The average molecular weight is 380 g/mol. The van der Waals surface area contributed by atoms with Gasteiger partial charge in [-0.1, -0.05) is 30.3 Å². The maximum absolute atomic E-state index is 12.8. The molecule has 28 heavy (non-hydrogen) atoms. The van der Waals surface area contributed by atoms with E-state index < -0.39 is 0 Å². The van der Waals surface area contributed by atoms with Gasteiger partial charge in [0, 0.05) is 26.2 Å². The fourth-order valence-electron chi connectivity index (χ4n) is 4.09. The molecule has 0 radical (unpaired) electrons. The molecule has 5 nitrogen and oxygen atoms in total. The summed E-state index contributed by atoms with van der Waals surface area (Å²) in [6, 6.07) is 17.9. The smallest absolute Gasteiger partial charge is 0.230 e. The molecule has 148 valence electrons. The summed E-state index contributed by atoms with van der Waals surface area (Å²) in [5, 5.41) is 0. The molecule has 0 aromatic heterocycles. The van der Waals surface area contributed by atoms with Crippen LogP contribution in [0.1, 0.15) is 19.3 Å². The summed E-state index contributed by atoms with van der Waals surface area (Å²) in [4.78, 5) is 19.7. The number of fused-ring (bicyclic) bond motifs is 1. The minimum atomic E-state index is 0.127. The number of hydrogen-bond acceptors (Lipinski definition) is 4. The lowest BCUT2D eigenvalue weighted by molar-refractivity contribution is -0.119. The number of amides is 1. The quantitative estimate of drug-likeness (QED) is 0.739. The first kappa shape index (κ1) is 18.8. The lowest BCUT2D eigenvalue weighted by Crippen LogP contribution is -2.46. The van der Waals surface area contributed by atoms with E-state index >= 15 is 0 Å². The topological polar surface area (TPSA) is 36.0 Å². The van der Waals surface area contributed by atoms with E-state index in [9.17, 15) is 4.79 Å². The fraction of sp³-hybridized carbons (Fsp3) is 0.435. The highest BCUT2D eigenvalue weighted by Gasteiger charge is 2.26. The largest absolute Gasteiger partial charge is 0.493 e. The minimum absolute atomic E-state index is 0.127. The number of nitrogens with zero attached hydrogens (tertiary/aromatic N) is 3. The summed E-state index contributed by atoms with van der Waals surface area (Å²) < 4.78 is 5.71. The van der Waals surface area contributed by atoms with Gasteiger partial charge in [0.2, 0.25) is 5.91 Å². The Morgan fingerprint density at radius 3 is 2.32 bits per heavy atom. The van der Waals surface area contributed by atoms with E-state index in [2.05, 4.69) is 28.0 Å². The SMILES string of the molecule is O=C(CCOc1ccccc1)N1CCN(CCN2CCCC2)c2ccccc21. The van der Waals surface area contributed by atoms with Crippen molar-refractivity contribution >= 4 is 17.3 Å². The Bertz CT molecular complexity index is 774. The van der Waals surface area contributed by atoms with Gasteiger partial charge in [-0.2, -0.15) is 0 Å². The zero-order valence-corrected chi connectivity index (χ0v) is 16.4. The van der Waals surface area contributed by atoms with Crippen LogP contribution in [0.2, 0.25) is 0 Å². The number of carbonyl (C=O) groups is 1. The molecule has 0 N–H and O–H groups in total. The van der Waals surface area contributed by atoms with Gasteiger partial charge in [0.25, 0.3) is 0 Å². The number of hydrogen-bond donors (Lipinski definition) is 0. The Balaban J connectivity index is 1.36. The van der Waals surface area contributed by atoms with E-state index in [1.165, 1.54) is 31.6 Å². The first-order chi connectivity index (χ1) is 13.8. The highest BCUT2D eigenvalue weighted by Crippen LogP contribution is 2.33. The lowest BCUT2D eigenvalue weighted by atomic mass is 10.1. The molecule has 0 atom stereocenters. The number of benzene rings is 2. The Labute approximate surface area is 167 Å². The Hall–Kier alpha value is -2.53. The number of carbonyl (C=O) groups excluding carboxylic acids is 1. The molecule has 2 aliphatic heterocycles. The third-order valence-electron chi connectivity index (χ3n) is 5.62. The summed E-state index contributed by atoms with van der Waals surface area (Å²) in [6.45, 7) is 6.60. The molecular formula is C23H29N3O2. The number of likely N-dealkylation sites (tertiary alicyclic amines) is 1. The van der Waals surface area contributed by atoms with Crippen molar-refractivity contribution in [1.29, 1.82) is 0 Å². The Morgan fingerprint density at radius 1 is 0.821 bits per heavy atom. The van der Waals surface area contributed by atoms with Gasteiger partial charge in [0.15, 0.2) is 0 Å². The molecule has 5 heteroatoms. The van der Waals surface area contributed by atoms with Crippen molar-refractivity contribution in [2.45, 2.75) is 19.3 Å². The van der Waals surface area contributed by atoms with Crippen LogP contribution in [0.4, 0.5) is 11.4 Å². The van der Waals surface area contributed by atoms with Gasteiger partial charge in [-0.3, -0.25) is 4.79 Å². The summed E-state index contributed by atoms with van der Waals surface area (Å²) in [5.41, 5.74) is 2.20. The van der Waals surface area contributed by atoms with Crippen LogP contribution in [-0.2, 0) is 4.79 Å². The van der Waals surface area contributed by atoms with E-state index in [1.807, 2.05) is 41.3 Å². The highest BCUT2D eigenvalue weighted by molar-refractivity contribution is 5.97. The molecule has 2 aromatic carbocycles. The molecule has 4 rings (SSSR count). The third kappa shape index (κ3) is 4.47. The summed E-state index contributed by atoms with van der Waals surface area (Å²) >= 11 is 0. The van der Waals surface area contributed by atoms with Crippen molar-refractivity contribution in [3.63, 3.8) is 0 Å². The van der Waals surface area contributed by atoms with Crippen molar-refractivity contribution in [2.75, 3.05) is 55.7 Å². The van der Waals surface area contributed by atoms with E-state index in [4.69, 9.17) is 4.74 Å². The van der Waals surface area contributed by atoms with E-state index in [0.29, 0.717) is 13.0 Å². The van der Waals surface area contributed by atoms with Gasteiger partial charge >= 0.3 is 0 Å². The zero-order chi connectivity index (χ0) is 19.2. The number of anilines is 2. The predicted molar refractivity (Wildman–Crippen MR) is 113 cm³/mol. The second kappa shape index (κ2) is 9.11. The highest BCUT2D eigenvalue weighted by atomic mass is 16.5. The molecule has 2 heterocycles. The molecular weight excluding hydrogens is 350 g/mol. The first-order valence-electron chi connectivity index (χ1n) is 10.4. The van der Waals surface area contributed by atoms with Crippen LogP contribution in [-0.4, -0.2) is 56.7 Å². The standard InChI is InChI=1S/C23H29N3O2/c27-23(12-19-28-20-8-2-1-3-9-20)26-18-17-25(16-15-24-13-6-7-14-24)21-10-4-5-11-22(21)26/h1-5,8-11H,6-7,12-19H2. The van der Waals surface area contributed by atoms with Gasteiger partial charge in [-0.15, -0.1) is 0 Å². The predicted octanol–water partition coefficient (Wildman–Crippen LogP) is 3.40. The van der Waals surface area contributed by atoms with Gasteiger partial charge in [-0.25, -0.2) is 0 Å². The summed E-state index contributed by atoms with van der Waals surface area (Å²) in [5.74, 6) is 0.935. The van der Waals surface area contributed by atoms with Crippen LogP contribution in [0, 0.1) is 0 Å². The zero-order valence-electron chi connectivity index (χ0n) is 16.4. The normalized spacial score (nSPS) is 16.9. The fourth-order valence-corrected chi connectivity index (χ4v) is 4.09.